The van der Waals surface area contributed by atoms with Crippen molar-refractivity contribution in [2.24, 2.45) is 0 Å². The van der Waals surface area contributed by atoms with Crippen molar-refractivity contribution in [2.45, 2.75) is 6.92 Å². The number of nitrogens with one attached hydrogen (secondary N) is 1. The molecule has 0 spiro atoms. The topological polar surface area (TPSA) is 15.8 Å². The summed E-state index contributed by atoms with van der Waals surface area (Å²) in [5, 5.41) is 0. The highest BCUT2D eigenvalue weighted by molar-refractivity contribution is 5.58. The summed E-state index contributed by atoms with van der Waals surface area (Å²) in [5.74, 6) is 0. The zero-order chi connectivity index (χ0) is 8.39. The highest BCUT2D eigenvalue weighted by Crippen LogP contribution is 2.15. The molecule has 0 amide bonds. The molecule has 58 valence electrons. The predicted octanol–water partition coefficient (Wildman–Crippen LogP) is 2.59. The first kappa shape index (κ1) is 7.00. The second-order valence-corrected chi connectivity index (χ2v) is 2.78. The van der Waals surface area contributed by atoms with Crippen molar-refractivity contribution in [2.75, 3.05) is 0 Å². The van der Waals surface area contributed by atoms with E-state index in [0.717, 1.165) is 11.3 Å². The quantitative estimate of drug-likeness (QED) is 0.651. The van der Waals surface area contributed by atoms with Gasteiger partial charge in [0.25, 0.3) is 0 Å². The molecule has 2 rings (SSSR count). The average Bonchev–Trinajstić information content (AvgIpc) is 2.54. The minimum Gasteiger partial charge on any atom is -0.359 e. The Balaban J connectivity index is 2.45. The Bertz CT molecular complexity index is 360. The predicted molar refractivity (Wildman–Crippen MR) is 48.6 cm³/mol. The molecular weight excluding hydrogens is 146 g/mol. The van der Waals surface area contributed by atoms with Crippen molar-refractivity contribution in [3.05, 3.63) is 48.2 Å². The standard InChI is InChI=1S/C11H9N/c1-9-7-8-11(12-9)10-5-3-2-4-6-10/h3,5-8,12H,1H3. The van der Waals surface area contributed by atoms with Crippen molar-refractivity contribution in [3.8, 4) is 11.3 Å². The Kier molecular flexibility index (Phi) is 1.60. The van der Waals surface area contributed by atoms with Crippen LogP contribution in [0.1, 0.15) is 5.69 Å². The lowest BCUT2D eigenvalue weighted by atomic mass is 10.2. The lowest BCUT2D eigenvalue weighted by molar-refractivity contribution is 1.27. The first-order chi connectivity index (χ1) is 5.86. The van der Waals surface area contributed by atoms with Gasteiger partial charge in [0.1, 0.15) is 0 Å². The van der Waals surface area contributed by atoms with Gasteiger partial charge in [0, 0.05) is 17.0 Å². The van der Waals surface area contributed by atoms with E-state index in [4.69, 9.17) is 0 Å². The molecule has 1 N–H and O–H groups in total. The van der Waals surface area contributed by atoms with Crippen LogP contribution >= 0.6 is 0 Å². The van der Waals surface area contributed by atoms with E-state index in [1.807, 2.05) is 25.1 Å². The van der Waals surface area contributed by atoms with E-state index in [9.17, 15) is 0 Å². The van der Waals surface area contributed by atoms with Crippen LogP contribution in [0.15, 0.2) is 30.3 Å². The van der Waals surface area contributed by atoms with Gasteiger partial charge in [-0.15, -0.1) is 0 Å². The zero-order valence-corrected chi connectivity index (χ0v) is 6.89. The smallest absolute Gasteiger partial charge is 0.0462 e. The summed E-state index contributed by atoms with van der Waals surface area (Å²) in [4.78, 5) is 3.26. The Morgan fingerprint density at radius 2 is 2.08 bits per heavy atom. The molecule has 0 aliphatic carbocycles. The molecule has 0 radical (unpaired) electrons. The van der Waals surface area contributed by atoms with Crippen LogP contribution in [-0.2, 0) is 0 Å². The van der Waals surface area contributed by atoms with Gasteiger partial charge in [-0.05, 0) is 37.3 Å². The van der Waals surface area contributed by atoms with Crippen molar-refractivity contribution in [1.82, 2.24) is 4.98 Å². The molecule has 0 atom stereocenters. The number of aromatic amines is 1. The lowest BCUT2D eigenvalue weighted by Gasteiger charge is -1.92. The molecule has 12 heavy (non-hydrogen) atoms. The van der Waals surface area contributed by atoms with Gasteiger partial charge in [-0.3, -0.25) is 0 Å². The summed E-state index contributed by atoms with van der Waals surface area (Å²) in [5.41, 5.74) is 3.47. The number of aryl methyl sites for hydroxylation is 1. The summed E-state index contributed by atoms with van der Waals surface area (Å²) in [7, 11) is 0. The van der Waals surface area contributed by atoms with Crippen LogP contribution in [-0.4, -0.2) is 4.98 Å². The maximum atomic E-state index is 3.26. The molecule has 2 aromatic rings. The molecule has 0 aliphatic rings. The van der Waals surface area contributed by atoms with Gasteiger partial charge in [0.15, 0.2) is 0 Å². The van der Waals surface area contributed by atoms with E-state index >= 15 is 0 Å². The Morgan fingerprint density at radius 3 is 2.67 bits per heavy atom. The molecule has 0 unspecified atom stereocenters. The van der Waals surface area contributed by atoms with Crippen LogP contribution in [0.2, 0.25) is 0 Å². The van der Waals surface area contributed by atoms with E-state index < -0.39 is 0 Å². The fraction of sp³-hybridized carbons (Fsp3) is 0.0909. The van der Waals surface area contributed by atoms with E-state index in [0.29, 0.717) is 0 Å². The van der Waals surface area contributed by atoms with Crippen LogP contribution < -0.4 is 0 Å². The Labute approximate surface area is 72.1 Å². The molecule has 0 fully saturated rings. The molecule has 1 aromatic carbocycles. The van der Waals surface area contributed by atoms with E-state index in [-0.39, 0.29) is 0 Å². The highest BCUT2D eigenvalue weighted by Gasteiger charge is 1.96. The largest absolute Gasteiger partial charge is 0.359 e. The SMILES string of the molecule is Cc1ccc(-c2cc#ccc2)[nH]1. The third-order valence-corrected chi connectivity index (χ3v) is 1.80. The molecule has 0 aliphatic heterocycles. The monoisotopic (exact) mass is 155 g/mol. The van der Waals surface area contributed by atoms with Gasteiger partial charge in [0.2, 0.25) is 0 Å². The van der Waals surface area contributed by atoms with E-state index in [1.165, 1.54) is 5.69 Å². The highest BCUT2D eigenvalue weighted by atomic mass is 14.7. The fourth-order valence-electron chi connectivity index (χ4n) is 1.19. The minimum atomic E-state index is 1.14. The number of H-pyrrole nitrogens is 1. The zero-order valence-electron chi connectivity index (χ0n) is 6.89. The van der Waals surface area contributed by atoms with Crippen molar-refractivity contribution < 1.29 is 0 Å². The van der Waals surface area contributed by atoms with Gasteiger partial charge >= 0.3 is 0 Å². The first-order valence-electron chi connectivity index (χ1n) is 3.90. The number of rotatable bonds is 1. The molecule has 1 heteroatoms. The molecule has 0 saturated heterocycles. The van der Waals surface area contributed by atoms with Crippen LogP contribution in [0.4, 0.5) is 0 Å². The van der Waals surface area contributed by atoms with Crippen LogP contribution in [0, 0.1) is 19.1 Å². The summed E-state index contributed by atoms with van der Waals surface area (Å²) in [6, 6.07) is 15.7. The number of hydrogen-bond acceptors (Lipinski definition) is 0. The summed E-state index contributed by atoms with van der Waals surface area (Å²) in [6.07, 6.45) is 0. The van der Waals surface area contributed by atoms with Crippen molar-refractivity contribution in [1.29, 1.82) is 0 Å². The molecular formula is C11H9N. The molecule has 1 nitrogen and oxygen atoms in total. The van der Waals surface area contributed by atoms with Crippen LogP contribution in [0.3, 0.4) is 0 Å². The molecule has 1 heterocycles. The lowest BCUT2D eigenvalue weighted by Crippen LogP contribution is -1.75. The second kappa shape index (κ2) is 2.75. The third-order valence-electron chi connectivity index (χ3n) is 1.80. The van der Waals surface area contributed by atoms with Gasteiger partial charge in [-0.2, -0.15) is 0 Å². The van der Waals surface area contributed by atoms with Gasteiger partial charge in [0.05, 0.1) is 0 Å². The maximum absolute atomic E-state index is 3.26. The molecule has 0 saturated carbocycles. The van der Waals surface area contributed by atoms with Gasteiger partial charge in [-0.1, -0.05) is 12.1 Å². The van der Waals surface area contributed by atoms with Gasteiger partial charge in [-0.25, -0.2) is 0 Å². The number of hydrogen-bond donors (Lipinski definition) is 1. The van der Waals surface area contributed by atoms with Crippen molar-refractivity contribution in [3.63, 3.8) is 0 Å². The van der Waals surface area contributed by atoms with Crippen LogP contribution in [0.5, 0.6) is 0 Å². The summed E-state index contributed by atoms with van der Waals surface area (Å²) < 4.78 is 0. The van der Waals surface area contributed by atoms with Crippen LogP contribution in [0.25, 0.3) is 11.3 Å². The van der Waals surface area contributed by atoms with E-state index in [2.05, 4.69) is 29.2 Å². The molecule has 0 bridgehead atoms. The van der Waals surface area contributed by atoms with Crippen molar-refractivity contribution >= 4 is 0 Å². The average molecular weight is 155 g/mol. The summed E-state index contributed by atoms with van der Waals surface area (Å²) in [6.45, 7) is 2.04. The second-order valence-electron chi connectivity index (χ2n) is 2.78. The van der Waals surface area contributed by atoms with Gasteiger partial charge < -0.3 is 4.98 Å². The third kappa shape index (κ3) is 1.19. The Hall–Kier alpha value is -1.68. The normalized spacial score (nSPS) is 9.42. The maximum Gasteiger partial charge on any atom is 0.0462 e. The Morgan fingerprint density at radius 1 is 1.17 bits per heavy atom. The minimum absolute atomic E-state index is 1.14. The number of aromatic nitrogens is 1. The molecule has 1 aromatic heterocycles. The van der Waals surface area contributed by atoms with E-state index in [1.54, 1.807) is 0 Å². The summed E-state index contributed by atoms with van der Waals surface area (Å²) >= 11 is 0. The first-order valence-corrected chi connectivity index (χ1v) is 3.90. The fourth-order valence-corrected chi connectivity index (χ4v) is 1.19.